The summed E-state index contributed by atoms with van der Waals surface area (Å²) in [7, 11) is 0. The number of carbonyl (C=O) groups is 1. The molecular weight excluding hydrogens is 264 g/mol. The van der Waals surface area contributed by atoms with E-state index in [9.17, 15) is 4.79 Å². The fraction of sp³-hybridized carbons (Fsp3) is 0.176. The monoisotopic (exact) mass is 280 g/mol. The van der Waals surface area contributed by atoms with Gasteiger partial charge in [-0.1, -0.05) is 24.3 Å². The molecule has 106 valence electrons. The van der Waals surface area contributed by atoms with Gasteiger partial charge in [0.05, 0.1) is 5.56 Å². The fourth-order valence-electron chi connectivity index (χ4n) is 1.87. The highest BCUT2D eigenvalue weighted by atomic mass is 16.5. The zero-order chi connectivity index (χ0) is 15.2. The Morgan fingerprint density at radius 2 is 2.00 bits per heavy atom. The normalized spacial score (nSPS) is 11.3. The zero-order valence-electron chi connectivity index (χ0n) is 12.0. The first-order valence-electron chi connectivity index (χ1n) is 6.63. The van der Waals surface area contributed by atoms with Crippen LogP contribution >= 0.6 is 0 Å². The second-order valence-electron chi connectivity index (χ2n) is 4.73. The lowest BCUT2D eigenvalue weighted by molar-refractivity contribution is -0.122. The van der Waals surface area contributed by atoms with Gasteiger partial charge in [0, 0.05) is 5.69 Å². The predicted molar refractivity (Wildman–Crippen MR) is 81.1 cm³/mol. The number of carbonyl (C=O) groups excluding carboxylic acids is 1. The molecule has 4 heteroatoms. The molecule has 0 spiro atoms. The van der Waals surface area contributed by atoms with Crippen molar-refractivity contribution in [2.24, 2.45) is 0 Å². The molecule has 0 aliphatic heterocycles. The van der Waals surface area contributed by atoms with E-state index in [4.69, 9.17) is 10.00 Å². The Hall–Kier alpha value is -2.80. The lowest BCUT2D eigenvalue weighted by Crippen LogP contribution is -2.30. The van der Waals surface area contributed by atoms with E-state index >= 15 is 0 Å². The van der Waals surface area contributed by atoms with E-state index < -0.39 is 6.10 Å². The highest BCUT2D eigenvalue weighted by Crippen LogP contribution is 2.19. The summed E-state index contributed by atoms with van der Waals surface area (Å²) in [5.41, 5.74) is 2.20. The Morgan fingerprint density at radius 1 is 1.24 bits per heavy atom. The molecule has 21 heavy (non-hydrogen) atoms. The highest BCUT2D eigenvalue weighted by Gasteiger charge is 2.16. The van der Waals surface area contributed by atoms with Crippen molar-refractivity contribution in [1.29, 1.82) is 5.26 Å². The number of anilines is 1. The van der Waals surface area contributed by atoms with Crippen LogP contribution in [0.4, 0.5) is 5.69 Å². The van der Waals surface area contributed by atoms with Gasteiger partial charge in [-0.2, -0.15) is 5.26 Å². The number of para-hydroxylation sites is 1. The third kappa shape index (κ3) is 3.83. The maximum absolute atomic E-state index is 12.1. The van der Waals surface area contributed by atoms with Gasteiger partial charge < -0.3 is 10.1 Å². The van der Waals surface area contributed by atoms with Gasteiger partial charge in [0.2, 0.25) is 0 Å². The molecule has 0 aliphatic rings. The van der Waals surface area contributed by atoms with E-state index in [0.717, 1.165) is 11.3 Å². The third-order valence-corrected chi connectivity index (χ3v) is 2.97. The van der Waals surface area contributed by atoms with Gasteiger partial charge >= 0.3 is 0 Å². The van der Waals surface area contributed by atoms with Crippen LogP contribution in [0.3, 0.4) is 0 Å². The van der Waals surface area contributed by atoms with Crippen molar-refractivity contribution in [1.82, 2.24) is 0 Å². The topological polar surface area (TPSA) is 62.1 Å². The molecule has 0 bridgehead atoms. The Morgan fingerprint density at radius 3 is 2.71 bits per heavy atom. The van der Waals surface area contributed by atoms with Crippen LogP contribution in [0.5, 0.6) is 5.75 Å². The van der Waals surface area contributed by atoms with Crippen LogP contribution in [0.25, 0.3) is 0 Å². The van der Waals surface area contributed by atoms with Crippen LogP contribution < -0.4 is 10.1 Å². The maximum atomic E-state index is 12.1. The molecule has 0 aromatic heterocycles. The van der Waals surface area contributed by atoms with Crippen molar-refractivity contribution in [2.75, 3.05) is 5.32 Å². The SMILES string of the molecule is Cc1cccc(NC(=O)[C@@H](C)Oc2ccccc2C#N)c1. The van der Waals surface area contributed by atoms with Crippen LogP contribution in [0.15, 0.2) is 48.5 Å². The quantitative estimate of drug-likeness (QED) is 0.935. The smallest absolute Gasteiger partial charge is 0.265 e. The summed E-state index contributed by atoms with van der Waals surface area (Å²) in [6.07, 6.45) is -0.694. The largest absolute Gasteiger partial charge is 0.480 e. The van der Waals surface area contributed by atoms with Crippen molar-refractivity contribution in [2.45, 2.75) is 20.0 Å². The van der Waals surface area contributed by atoms with E-state index in [1.54, 1.807) is 31.2 Å². The number of rotatable bonds is 4. The Balaban J connectivity index is 2.05. The minimum Gasteiger partial charge on any atom is -0.480 e. The molecule has 2 aromatic rings. The fourth-order valence-corrected chi connectivity index (χ4v) is 1.87. The molecule has 0 radical (unpaired) electrons. The van der Waals surface area contributed by atoms with Crippen molar-refractivity contribution in [3.05, 3.63) is 59.7 Å². The average molecular weight is 280 g/mol. The van der Waals surface area contributed by atoms with Gasteiger partial charge in [0.15, 0.2) is 6.10 Å². The lowest BCUT2D eigenvalue weighted by atomic mass is 10.2. The first-order valence-corrected chi connectivity index (χ1v) is 6.63. The summed E-state index contributed by atoms with van der Waals surface area (Å²) < 4.78 is 5.57. The lowest BCUT2D eigenvalue weighted by Gasteiger charge is -2.15. The van der Waals surface area contributed by atoms with Gasteiger partial charge in [0.1, 0.15) is 11.8 Å². The summed E-state index contributed by atoms with van der Waals surface area (Å²) in [6, 6.07) is 16.4. The second kappa shape index (κ2) is 6.58. The number of nitrogens with zero attached hydrogens (tertiary/aromatic N) is 1. The van der Waals surface area contributed by atoms with Gasteiger partial charge in [-0.05, 0) is 43.7 Å². The summed E-state index contributed by atoms with van der Waals surface area (Å²) in [4.78, 5) is 12.1. The van der Waals surface area contributed by atoms with E-state index in [1.807, 2.05) is 37.3 Å². The molecule has 2 aromatic carbocycles. The van der Waals surface area contributed by atoms with Crippen LogP contribution in [0.1, 0.15) is 18.1 Å². The standard InChI is InChI=1S/C17H16N2O2/c1-12-6-5-8-15(10-12)19-17(20)13(2)21-16-9-4-3-7-14(16)11-18/h3-10,13H,1-2H3,(H,19,20)/t13-/m1/s1. The van der Waals surface area contributed by atoms with Crippen molar-refractivity contribution >= 4 is 11.6 Å². The molecular formula is C17H16N2O2. The molecule has 1 atom stereocenters. The Bertz CT molecular complexity index is 689. The summed E-state index contributed by atoms with van der Waals surface area (Å²) in [5.74, 6) is 0.153. The molecule has 0 saturated carbocycles. The molecule has 0 unspecified atom stereocenters. The summed E-state index contributed by atoms with van der Waals surface area (Å²) in [6.45, 7) is 3.61. The van der Waals surface area contributed by atoms with Crippen molar-refractivity contribution < 1.29 is 9.53 Å². The molecule has 2 rings (SSSR count). The van der Waals surface area contributed by atoms with E-state index in [2.05, 4.69) is 5.32 Å². The van der Waals surface area contributed by atoms with Gasteiger partial charge in [0.25, 0.3) is 5.91 Å². The molecule has 0 saturated heterocycles. The minimum atomic E-state index is -0.694. The van der Waals surface area contributed by atoms with Crippen LogP contribution in [-0.4, -0.2) is 12.0 Å². The van der Waals surface area contributed by atoms with Crippen LogP contribution in [0.2, 0.25) is 0 Å². The predicted octanol–water partition coefficient (Wildman–Crippen LogP) is 3.27. The number of benzene rings is 2. The third-order valence-electron chi connectivity index (χ3n) is 2.97. The number of hydrogen-bond acceptors (Lipinski definition) is 3. The Labute approximate surface area is 124 Å². The van der Waals surface area contributed by atoms with Crippen LogP contribution in [-0.2, 0) is 4.79 Å². The average Bonchev–Trinajstić information content (AvgIpc) is 2.47. The highest BCUT2D eigenvalue weighted by molar-refractivity contribution is 5.94. The van der Waals surface area contributed by atoms with E-state index in [-0.39, 0.29) is 5.91 Å². The maximum Gasteiger partial charge on any atom is 0.265 e. The molecule has 0 fully saturated rings. The van der Waals surface area contributed by atoms with Crippen LogP contribution in [0, 0.1) is 18.3 Å². The van der Waals surface area contributed by atoms with Gasteiger partial charge in [-0.25, -0.2) is 0 Å². The van der Waals surface area contributed by atoms with Crippen molar-refractivity contribution in [3.8, 4) is 11.8 Å². The van der Waals surface area contributed by atoms with Crippen molar-refractivity contribution in [3.63, 3.8) is 0 Å². The van der Waals surface area contributed by atoms with E-state index in [1.165, 1.54) is 0 Å². The number of amides is 1. The summed E-state index contributed by atoms with van der Waals surface area (Å²) in [5, 5.41) is 11.8. The minimum absolute atomic E-state index is 0.256. The Kier molecular flexibility index (Phi) is 4.57. The number of nitrogens with one attached hydrogen (secondary N) is 1. The van der Waals surface area contributed by atoms with Gasteiger partial charge in [-0.3, -0.25) is 4.79 Å². The number of aryl methyl sites for hydroxylation is 1. The number of nitriles is 1. The molecule has 1 N–H and O–H groups in total. The number of ether oxygens (including phenoxy) is 1. The summed E-state index contributed by atoms with van der Waals surface area (Å²) >= 11 is 0. The molecule has 4 nitrogen and oxygen atoms in total. The molecule has 0 aliphatic carbocycles. The zero-order valence-corrected chi connectivity index (χ0v) is 12.0. The molecule has 0 heterocycles. The molecule has 1 amide bonds. The first kappa shape index (κ1) is 14.6. The second-order valence-corrected chi connectivity index (χ2v) is 4.73. The van der Waals surface area contributed by atoms with Gasteiger partial charge in [-0.15, -0.1) is 0 Å². The van der Waals surface area contributed by atoms with E-state index in [0.29, 0.717) is 11.3 Å². The first-order chi connectivity index (χ1) is 10.1. The number of hydrogen-bond donors (Lipinski definition) is 1.